The quantitative estimate of drug-likeness (QED) is 0.778. The van der Waals surface area contributed by atoms with Gasteiger partial charge in [0.15, 0.2) is 0 Å². The van der Waals surface area contributed by atoms with Crippen molar-refractivity contribution in [3.63, 3.8) is 0 Å². The van der Waals surface area contributed by atoms with Crippen molar-refractivity contribution in [2.24, 2.45) is 11.1 Å². The lowest BCUT2D eigenvalue weighted by atomic mass is 9.92. The maximum atomic E-state index is 11.7. The first-order chi connectivity index (χ1) is 6.84. The van der Waals surface area contributed by atoms with Crippen LogP contribution in [-0.2, 0) is 4.79 Å². The summed E-state index contributed by atoms with van der Waals surface area (Å²) in [6.45, 7) is 5.14. The molecule has 0 fully saturated rings. The Morgan fingerprint density at radius 3 is 2.53 bits per heavy atom. The van der Waals surface area contributed by atoms with Crippen LogP contribution in [0, 0.1) is 12.3 Å². The van der Waals surface area contributed by atoms with Crippen molar-refractivity contribution in [3.05, 3.63) is 5.01 Å². The van der Waals surface area contributed by atoms with E-state index >= 15 is 0 Å². The molecule has 82 valence electrons. The second kappa shape index (κ2) is 4.19. The molecule has 1 heterocycles. The Morgan fingerprint density at radius 2 is 2.13 bits per heavy atom. The highest BCUT2D eigenvalue weighted by Crippen LogP contribution is 2.20. The molecule has 0 unspecified atom stereocenters. The van der Waals surface area contributed by atoms with Crippen LogP contribution in [0.3, 0.4) is 0 Å². The predicted molar refractivity (Wildman–Crippen MR) is 63.8 cm³/mol. The summed E-state index contributed by atoms with van der Waals surface area (Å²) in [5.41, 5.74) is 4.59. The van der Waals surface area contributed by atoms with Gasteiger partial charge in [0, 0.05) is 0 Å². The van der Waals surface area contributed by atoms with Gasteiger partial charge in [-0.05, 0) is 20.8 Å². The summed E-state index contributed by atoms with van der Waals surface area (Å²) in [7, 11) is 0. The molecule has 15 heavy (non-hydrogen) atoms. The first-order valence-corrected chi connectivity index (χ1v) is 5.48. The number of hydrogen-bond acceptors (Lipinski definition) is 5. The number of amides is 1. The van der Waals surface area contributed by atoms with E-state index in [1.54, 1.807) is 13.8 Å². The Kier molecular flexibility index (Phi) is 3.35. The molecule has 5 nitrogen and oxygen atoms in total. The fourth-order valence-corrected chi connectivity index (χ4v) is 1.39. The highest BCUT2D eigenvalue weighted by molar-refractivity contribution is 7.80. The van der Waals surface area contributed by atoms with Crippen molar-refractivity contribution >= 4 is 39.6 Å². The maximum absolute atomic E-state index is 11.7. The van der Waals surface area contributed by atoms with Crippen LogP contribution in [0.5, 0.6) is 0 Å². The number of nitrogens with two attached hydrogens (primary N) is 1. The number of carbonyl (C=O) groups is 1. The van der Waals surface area contributed by atoms with E-state index in [0.717, 1.165) is 5.01 Å². The number of hydrogen-bond donors (Lipinski definition) is 2. The van der Waals surface area contributed by atoms with Crippen LogP contribution in [0.25, 0.3) is 0 Å². The molecular formula is C8H12N4OS2. The van der Waals surface area contributed by atoms with E-state index in [1.807, 2.05) is 6.92 Å². The minimum absolute atomic E-state index is 0.154. The van der Waals surface area contributed by atoms with E-state index in [1.165, 1.54) is 11.3 Å². The van der Waals surface area contributed by atoms with Crippen molar-refractivity contribution in [2.75, 3.05) is 5.32 Å². The molecule has 1 aromatic rings. The molecule has 0 saturated heterocycles. The second-order valence-corrected chi connectivity index (χ2v) is 5.19. The van der Waals surface area contributed by atoms with E-state index in [4.69, 9.17) is 18.0 Å². The molecular weight excluding hydrogens is 232 g/mol. The number of carbonyl (C=O) groups excluding carboxylic acids is 1. The molecule has 0 radical (unpaired) electrons. The van der Waals surface area contributed by atoms with Gasteiger partial charge in [-0.3, -0.25) is 10.1 Å². The van der Waals surface area contributed by atoms with Gasteiger partial charge >= 0.3 is 0 Å². The number of anilines is 1. The van der Waals surface area contributed by atoms with Gasteiger partial charge in [0.1, 0.15) is 5.01 Å². The normalized spacial score (nSPS) is 11.1. The smallest absolute Gasteiger partial charge is 0.238 e. The van der Waals surface area contributed by atoms with Crippen molar-refractivity contribution in [3.8, 4) is 0 Å². The van der Waals surface area contributed by atoms with E-state index < -0.39 is 5.41 Å². The summed E-state index contributed by atoms with van der Waals surface area (Å²) < 4.78 is 0. The van der Waals surface area contributed by atoms with Crippen LogP contribution in [0.15, 0.2) is 0 Å². The van der Waals surface area contributed by atoms with Crippen molar-refractivity contribution in [1.82, 2.24) is 10.2 Å². The fraction of sp³-hybridized carbons (Fsp3) is 0.500. The number of aryl methyl sites for hydroxylation is 1. The maximum Gasteiger partial charge on any atom is 0.238 e. The average molecular weight is 244 g/mol. The summed E-state index contributed by atoms with van der Waals surface area (Å²) in [5.74, 6) is -0.272. The van der Waals surface area contributed by atoms with Crippen LogP contribution in [0.4, 0.5) is 5.13 Å². The lowest BCUT2D eigenvalue weighted by molar-refractivity contribution is -0.121. The molecule has 0 aliphatic carbocycles. The van der Waals surface area contributed by atoms with Crippen LogP contribution >= 0.6 is 23.6 Å². The van der Waals surface area contributed by atoms with Crippen LogP contribution in [0.1, 0.15) is 18.9 Å². The molecule has 0 spiro atoms. The van der Waals surface area contributed by atoms with Crippen molar-refractivity contribution in [2.45, 2.75) is 20.8 Å². The van der Waals surface area contributed by atoms with Gasteiger partial charge in [-0.15, -0.1) is 10.2 Å². The molecule has 0 aromatic carbocycles. The third-order valence-electron chi connectivity index (χ3n) is 1.93. The van der Waals surface area contributed by atoms with Crippen molar-refractivity contribution in [1.29, 1.82) is 0 Å². The molecule has 0 aliphatic rings. The first-order valence-electron chi connectivity index (χ1n) is 4.25. The molecule has 0 saturated carbocycles. The molecule has 7 heteroatoms. The second-order valence-electron chi connectivity index (χ2n) is 3.57. The summed E-state index contributed by atoms with van der Waals surface area (Å²) in [6, 6.07) is 0. The van der Waals surface area contributed by atoms with Gasteiger partial charge in [0.2, 0.25) is 11.0 Å². The summed E-state index contributed by atoms with van der Waals surface area (Å²) in [4.78, 5) is 11.9. The SMILES string of the molecule is Cc1nnc(NC(=O)C(C)(C)C(N)=S)s1. The lowest BCUT2D eigenvalue weighted by Crippen LogP contribution is -2.41. The molecule has 1 aromatic heterocycles. The highest BCUT2D eigenvalue weighted by Gasteiger charge is 2.31. The van der Waals surface area contributed by atoms with Gasteiger partial charge in [-0.1, -0.05) is 23.6 Å². The Labute approximate surface area is 97.1 Å². The zero-order valence-electron chi connectivity index (χ0n) is 8.70. The van der Waals surface area contributed by atoms with Gasteiger partial charge < -0.3 is 5.73 Å². The van der Waals surface area contributed by atoms with Crippen molar-refractivity contribution < 1.29 is 4.79 Å². The molecule has 0 atom stereocenters. The monoisotopic (exact) mass is 244 g/mol. The van der Waals surface area contributed by atoms with E-state index in [0.29, 0.717) is 5.13 Å². The zero-order chi connectivity index (χ0) is 11.6. The Balaban J connectivity index is 2.76. The molecule has 1 rings (SSSR count). The number of aromatic nitrogens is 2. The standard InChI is InChI=1S/C8H12N4OS2/c1-4-11-12-7(15-4)10-6(13)8(2,3)5(9)14/h1-3H3,(H2,9,14)(H,10,12,13). The minimum atomic E-state index is -0.880. The van der Waals surface area contributed by atoms with Gasteiger partial charge in [0.05, 0.1) is 10.4 Å². The zero-order valence-corrected chi connectivity index (χ0v) is 10.3. The average Bonchev–Trinajstić information content (AvgIpc) is 2.50. The molecule has 0 bridgehead atoms. The number of rotatable bonds is 3. The summed E-state index contributed by atoms with van der Waals surface area (Å²) in [6.07, 6.45) is 0. The predicted octanol–water partition coefficient (Wildman–Crippen LogP) is 1.10. The Morgan fingerprint density at radius 1 is 1.53 bits per heavy atom. The van der Waals surface area contributed by atoms with Crippen LogP contribution in [-0.4, -0.2) is 21.1 Å². The minimum Gasteiger partial charge on any atom is -0.392 e. The summed E-state index contributed by atoms with van der Waals surface area (Å²) >= 11 is 6.12. The number of nitrogens with one attached hydrogen (secondary N) is 1. The van der Waals surface area contributed by atoms with Gasteiger partial charge in [-0.25, -0.2) is 0 Å². The third-order valence-corrected chi connectivity index (χ3v) is 3.19. The number of nitrogens with zero attached hydrogens (tertiary/aromatic N) is 2. The first kappa shape index (κ1) is 12.0. The molecule has 3 N–H and O–H groups in total. The van der Waals surface area contributed by atoms with Gasteiger partial charge in [0.25, 0.3) is 0 Å². The third kappa shape index (κ3) is 2.69. The van der Waals surface area contributed by atoms with E-state index in [-0.39, 0.29) is 10.9 Å². The Hall–Kier alpha value is -1.08. The largest absolute Gasteiger partial charge is 0.392 e. The number of thiocarbonyl (C=S) groups is 1. The lowest BCUT2D eigenvalue weighted by Gasteiger charge is -2.20. The topological polar surface area (TPSA) is 80.9 Å². The molecule has 0 aliphatic heterocycles. The van der Waals surface area contributed by atoms with E-state index in [2.05, 4.69) is 15.5 Å². The summed E-state index contributed by atoms with van der Waals surface area (Å²) in [5, 5.41) is 11.4. The van der Waals surface area contributed by atoms with Gasteiger partial charge in [-0.2, -0.15) is 0 Å². The Bertz CT molecular complexity index is 399. The fourth-order valence-electron chi connectivity index (χ4n) is 0.712. The van der Waals surface area contributed by atoms with Crippen LogP contribution in [0.2, 0.25) is 0 Å². The van der Waals surface area contributed by atoms with Crippen LogP contribution < -0.4 is 11.1 Å². The highest BCUT2D eigenvalue weighted by atomic mass is 32.1. The van der Waals surface area contributed by atoms with E-state index in [9.17, 15) is 4.79 Å². The molecule has 1 amide bonds.